The smallest absolute Gasteiger partial charge is 0.347 e. The Morgan fingerprint density at radius 1 is 1.14 bits per heavy atom. The number of carboxylic acid groups (broad SMARTS) is 1. The van der Waals surface area contributed by atoms with Crippen LogP contribution in [0.4, 0.5) is 5.69 Å². The number of aliphatic carboxylic acids is 1. The van der Waals surface area contributed by atoms with Gasteiger partial charge in [-0.3, -0.25) is 0 Å². The van der Waals surface area contributed by atoms with E-state index >= 15 is 0 Å². The van der Waals surface area contributed by atoms with E-state index in [1.807, 2.05) is 53.4 Å². The van der Waals surface area contributed by atoms with Crippen LogP contribution >= 0.6 is 0 Å². The van der Waals surface area contributed by atoms with Gasteiger partial charge in [0.25, 0.3) is 0 Å². The molecule has 0 aliphatic carbocycles. The first kappa shape index (κ1) is 15.4. The third kappa shape index (κ3) is 3.78. The lowest BCUT2D eigenvalue weighted by molar-refractivity contribution is -0.141. The molecule has 2 rings (SSSR count). The van der Waals surface area contributed by atoms with Crippen LogP contribution in [-0.2, 0) is 4.79 Å². The monoisotopic (exact) mass is 288 g/mol. The average Bonchev–Trinajstić information content (AvgIpc) is 2.88. The number of carboxylic acids is 1. The Morgan fingerprint density at radius 3 is 2.48 bits per heavy atom. The Labute approximate surface area is 126 Å². The zero-order chi connectivity index (χ0) is 15.2. The first-order valence-electron chi connectivity index (χ1n) is 7.65. The van der Waals surface area contributed by atoms with Crippen LogP contribution < -0.4 is 4.90 Å². The third-order valence-electron chi connectivity index (χ3n) is 3.82. The zero-order valence-corrected chi connectivity index (χ0v) is 12.8. The van der Waals surface area contributed by atoms with E-state index in [-0.39, 0.29) is 0 Å². The lowest BCUT2D eigenvalue weighted by Crippen LogP contribution is -2.45. The molecule has 1 heterocycles. The van der Waals surface area contributed by atoms with E-state index in [9.17, 15) is 9.90 Å². The number of rotatable bonds is 7. The molecular formula is C17H24N2O2. The van der Waals surface area contributed by atoms with Crippen LogP contribution in [0.3, 0.4) is 0 Å². The van der Waals surface area contributed by atoms with Crippen LogP contribution in [0.2, 0.25) is 0 Å². The van der Waals surface area contributed by atoms with E-state index in [1.165, 1.54) is 18.4 Å². The molecule has 0 amide bonds. The van der Waals surface area contributed by atoms with E-state index in [4.69, 9.17) is 0 Å². The first-order valence-corrected chi connectivity index (χ1v) is 7.65. The minimum atomic E-state index is -0.809. The quantitative estimate of drug-likeness (QED) is 0.779. The Kier molecular flexibility index (Phi) is 5.26. The highest BCUT2D eigenvalue weighted by Gasteiger charge is 2.33. The minimum Gasteiger partial charge on any atom is -0.478 e. The maximum absolute atomic E-state index is 11.6. The van der Waals surface area contributed by atoms with Crippen molar-refractivity contribution in [3.8, 4) is 0 Å². The standard InChI is InChI=1S/C17H24N2O2/c1-3-4-5-6-11-18-12-13-19(16(18)17(20)21)15-9-7-14(2)8-10-15/h7-10,12-13,16H,3-6,11H2,1-2H3,(H,20,21). The fourth-order valence-corrected chi connectivity index (χ4v) is 2.60. The van der Waals surface area contributed by atoms with Gasteiger partial charge in [0.15, 0.2) is 0 Å². The Hall–Kier alpha value is -1.97. The molecular weight excluding hydrogens is 264 g/mol. The van der Waals surface area contributed by atoms with Crippen LogP contribution in [0.15, 0.2) is 36.7 Å². The summed E-state index contributed by atoms with van der Waals surface area (Å²) in [6, 6.07) is 7.95. The molecule has 4 heteroatoms. The van der Waals surface area contributed by atoms with E-state index in [0.717, 1.165) is 25.1 Å². The van der Waals surface area contributed by atoms with E-state index in [1.54, 1.807) is 0 Å². The second-order valence-corrected chi connectivity index (χ2v) is 5.55. The van der Waals surface area contributed by atoms with Crippen molar-refractivity contribution in [2.24, 2.45) is 0 Å². The zero-order valence-electron chi connectivity index (χ0n) is 12.8. The van der Waals surface area contributed by atoms with Gasteiger partial charge in [-0.05, 0) is 25.5 Å². The molecule has 114 valence electrons. The van der Waals surface area contributed by atoms with Crippen molar-refractivity contribution in [3.05, 3.63) is 42.2 Å². The summed E-state index contributed by atoms with van der Waals surface area (Å²) in [4.78, 5) is 15.4. The molecule has 1 unspecified atom stereocenters. The summed E-state index contributed by atoms with van der Waals surface area (Å²) in [7, 11) is 0. The van der Waals surface area contributed by atoms with E-state index in [0.29, 0.717) is 0 Å². The van der Waals surface area contributed by atoms with Gasteiger partial charge < -0.3 is 14.9 Å². The molecule has 1 N–H and O–H groups in total. The first-order chi connectivity index (χ1) is 10.1. The molecule has 0 saturated heterocycles. The number of aryl methyl sites for hydroxylation is 1. The molecule has 0 bridgehead atoms. The van der Waals surface area contributed by atoms with Crippen molar-refractivity contribution < 1.29 is 9.90 Å². The molecule has 1 aromatic rings. The van der Waals surface area contributed by atoms with Gasteiger partial charge in [-0.1, -0.05) is 43.9 Å². The summed E-state index contributed by atoms with van der Waals surface area (Å²) in [6.45, 7) is 4.99. The van der Waals surface area contributed by atoms with Crippen LogP contribution in [0, 0.1) is 6.92 Å². The van der Waals surface area contributed by atoms with Gasteiger partial charge >= 0.3 is 5.97 Å². The van der Waals surface area contributed by atoms with Crippen molar-refractivity contribution in [2.45, 2.75) is 45.7 Å². The number of benzene rings is 1. The summed E-state index contributed by atoms with van der Waals surface area (Å²) in [6.07, 6.45) is 7.70. The molecule has 0 saturated carbocycles. The van der Waals surface area contributed by atoms with Crippen LogP contribution in [0.25, 0.3) is 0 Å². The van der Waals surface area contributed by atoms with Crippen LogP contribution in [-0.4, -0.2) is 28.7 Å². The maximum Gasteiger partial charge on any atom is 0.347 e. The van der Waals surface area contributed by atoms with Crippen molar-refractivity contribution >= 4 is 11.7 Å². The number of unbranched alkanes of at least 4 members (excludes halogenated alkanes) is 3. The molecule has 1 aliphatic rings. The minimum absolute atomic E-state index is 0.630. The fraction of sp³-hybridized carbons (Fsp3) is 0.471. The van der Waals surface area contributed by atoms with E-state index in [2.05, 4.69) is 6.92 Å². The second kappa shape index (κ2) is 7.16. The molecule has 0 aromatic heterocycles. The Bertz CT molecular complexity index is 496. The highest BCUT2D eigenvalue weighted by Crippen LogP contribution is 2.25. The highest BCUT2D eigenvalue weighted by atomic mass is 16.4. The predicted octanol–water partition coefficient (Wildman–Crippen LogP) is 3.58. The molecule has 1 atom stereocenters. The van der Waals surface area contributed by atoms with Crippen molar-refractivity contribution in [1.29, 1.82) is 0 Å². The van der Waals surface area contributed by atoms with E-state index < -0.39 is 12.1 Å². The lowest BCUT2D eigenvalue weighted by atomic mass is 10.2. The predicted molar refractivity (Wildman–Crippen MR) is 85.1 cm³/mol. The number of hydrogen-bond donors (Lipinski definition) is 1. The fourth-order valence-electron chi connectivity index (χ4n) is 2.60. The number of anilines is 1. The Morgan fingerprint density at radius 2 is 1.86 bits per heavy atom. The van der Waals surface area contributed by atoms with Gasteiger partial charge in [0.1, 0.15) is 0 Å². The van der Waals surface area contributed by atoms with Gasteiger partial charge in [0, 0.05) is 24.6 Å². The molecule has 0 spiro atoms. The van der Waals surface area contributed by atoms with Crippen molar-refractivity contribution in [1.82, 2.24) is 4.90 Å². The SMILES string of the molecule is CCCCCCN1C=CN(c2ccc(C)cc2)C1C(=O)O. The highest BCUT2D eigenvalue weighted by molar-refractivity contribution is 5.79. The average molecular weight is 288 g/mol. The molecule has 4 nitrogen and oxygen atoms in total. The number of hydrogen-bond acceptors (Lipinski definition) is 3. The second-order valence-electron chi connectivity index (χ2n) is 5.55. The van der Waals surface area contributed by atoms with Gasteiger partial charge in [-0.25, -0.2) is 4.79 Å². The molecule has 0 radical (unpaired) electrons. The van der Waals surface area contributed by atoms with Crippen molar-refractivity contribution in [2.75, 3.05) is 11.4 Å². The third-order valence-corrected chi connectivity index (χ3v) is 3.82. The maximum atomic E-state index is 11.6. The molecule has 21 heavy (non-hydrogen) atoms. The lowest BCUT2D eigenvalue weighted by Gasteiger charge is -2.29. The summed E-state index contributed by atoms with van der Waals surface area (Å²) < 4.78 is 0. The number of nitrogens with zero attached hydrogens (tertiary/aromatic N) is 2. The molecule has 1 aromatic carbocycles. The van der Waals surface area contributed by atoms with Crippen LogP contribution in [0.1, 0.15) is 38.2 Å². The Balaban J connectivity index is 2.04. The van der Waals surface area contributed by atoms with Gasteiger partial charge in [-0.2, -0.15) is 0 Å². The summed E-state index contributed by atoms with van der Waals surface area (Å²) >= 11 is 0. The van der Waals surface area contributed by atoms with Crippen molar-refractivity contribution in [3.63, 3.8) is 0 Å². The summed E-state index contributed by atoms with van der Waals surface area (Å²) in [5, 5.41) is 9.55. The summed E-state index contributed by atoms with van der Waals surface area (Å²) in [5.74, 6) is -0.809. The van der Waals surface area contributed by atoms with Gasteiger partial charge in [0.05, 0.1) is 0 Å². The van der Waals surface area contributed by atoms with Gasteiger partial charge in [0.2, 0.25) is 6.17 Å². The normalized spacial score (nSPS) is 17.5. The molecule has 0 fully saturated rings. The van der Waals surface area contributed by atoms with Gasteiger partial charge in [-0.15, -0.1) is 0 Å². The summed E-state index contributed by atoms with van der Waals surface area (Å²) in [5.41, 5.74) is 2.09. The number of carbonyl (C=O) groups is 1. The largest absolute Gasteiger partial charge is 0.478 e. The molecule has 1 aliphatic heterocycles. The van der Waals surface area contributed by atoms with Crippen LogP contribution in [0.5, 0.6) is 0 Å². The topological polar surface area (TPSA) is 43.8 Å².